The van der Waals surface area contributed by atoms with E-state index in [1.165, 1.54) is 17.1 Å². The molecule has 0 aromatic heterocycles. The minimum Gasteiger partial charge on any atom is -0.324 e. The molecule has 10 heteroatoms. The van der Waals surface area contributed by atoms with Gasteiger partial charge in [-0.25, -0.2) is 4.90 Å². The van der Waals surface area contributed by atoms with Crippen molar-refractivity contribution in [2.75, 3.05) is 16.8 Å². The van der Waals surface area contributed by atoms with E-state index in [0.29, 0.717) is 5.69 Å². The summed E-state index contributed by atoms with van der Waals surface area (Å²) in [5, 5.41) is 12.0. The minimum atomic E-state index is -1.04. The number of nitrogens with zero attached hydrogens (tertiary/aromatic N) is 4. The summed E-state index contributed by atoms with van der Waals surface area (Å²) >= 11 is 12.3. The predicted octanol–water partition coefficient (Wildman–Crippen LogP) is 2.93. The molecule has 8 nitrogen and oxygen atoms in total. The first-order chi connectivity index (χ1) is 13.5. The van der Waals surface area contributed by atoms with Gasteiger partial charge in [-0.3, -0.25) is 19.4 Å². The molecule has 0 aliphatic carbocycles. The monoisotopic (exact) mass is 417 g/mol. The Labute approximate surface area is 169 Å². The van der Waals surface area contributed by atoms with E-state index in [1.807, 2.05) is 6.07 Å². The van der Waals surface area contributed by atoms with Crippen LogP contribution in [-0.2, 0) is 14.4 Å². The van der Waals surface area contributed by atoms with Gasteiger partial charge in [-0.15, -0.1) is 0 Å². The quantitative estimate of drug-likeness (QED) is 0.773. The molecule has 0 saturated carbocycles. The molecule has 1 N–H and O–H groups in total. The standard InChI is InChI=1S/C18H13Cl2N5O3/c19-11-7-4-8-12(20)15(11)25-17(27)14-16(18(25)28)24(23-22-14)9-13(26)21-10-5-2-1-3-6-10/h1-8,14,16H,9H2,(H,21,26). The lowest BCUT2D eigenvalue weighted by Crippen LogP contribution is -2.43. The maximum atomic E-state index is 12.9. The molecule has 0 bridgehead atoms. The highest BCUT2D eigenvalue weighted by Crippen LogP contribution is 2.39. The molecule has 2 aromatic rings. The maximum absolute atomic E-state index is 12.9. The predicted molar refractivity (Wildman–Crippen MR) is 103 cm³/mol. The molecular formula is C18H13Cl2N5O3. The fraction of sp³-hybridized carbons (Fsp3) is 0.167. The van der Waals surface area contributed by atoms with Crippen molar-refractivity contribution < 1.29 is 14.4 Å². The second kappa shape index (κ2) is 7.21. The molecule has 1 fully saturated rings. The molecular weight excluding hydrogens is 405 g/mol. The molecule has 2 heterocycles. The van der Waals surface area contributed by atoms with E-state index in [2.05, 4.69) is 15.7 Å². The number of rotatable bonds is 4. The maximum Gasteiger partial charge on any atom is 0.263 e. The van der Waals surface area contributed by atoms with E-state index in [1.54, 1.807) is 30.3 Å². The van der Waals surface area contributed by atoms with E-state index in [4.69, 9.17) is 23.2 Å². The van der Waals surface area contributed by atoms with Gasteiger partial charge in [0.1, 0.15) is 6.54 Å². The Hall–Kier alpha value is -2.97. The third-order valence-electron chi connectivity index (χ3n) is 4.38. The number of imide groups is 1. The van der Waals surface area contributed by atoms with Crippen molar-refractivity contribution in [3.05, 3.63) is 58.6 Å². The van der Waals surface area contributed by atoms with Crippen LogP contribution in [0, 0.1) is 0 Å². The zero-order valence-corrected chi connectivity index (χ0v) is 15.8. The summed E-state index contributed by atoms with van der Waals surface area (Å²) in [5.41, 5.74) is 0.720. The highest BCUT2D eigenvalue weighted by molar-refractivity contribution is 6.42. The first-order valence-electron chi connectivity index (χ1n) is 8.31. The van der Waals surface area contributed by atoms with Gasteiger partial charge in [0.25, 0.3) is 11.8 Å². The van der Waals surface area contributed by atoms with Crippen LogP contribution in [0.25, 0.3) is 0 Å². The number of nitrogens with one attached hydrogen (secondary N) is 1. The van der Waals surface area contributed by atoms with Crippen LogP contribution in [0.3, 0.4) is 0 Å². The summed E-state index contributed by atoms with van der Waals surface area (Å²) in [4.78, 5) is 38.9. The van der Waals surface area contributed by atoms with Crippen molar-refractivity contribution >= 4 is 52.3 Å². The Kier molecular flexibility index (Phi) is 4.74. The van der Waals surface area contributed by atoms with Crippen molar-refractivity contribution in [3.8, 4) is 0 Å². The lowest BCUT2D eigenvalue weighted by molar-refractivity contribution is -0.123. The number of hydrogen-bond acceptors (Lipinski definition) is 6. The highest BCUT2D eigenvalue weighted by Gasteiger charge is 2.55. The summed E-state index contributed by atoms with van der Waals surface area (Å²) in [6.07, 6.45) is 0. The number of hydrogen-bond donors (Lipinski definition) is 1. The van der Waals surface area contributed by atoms with Gasteiger partial charge in [0.15, 0.2) is 12.1 Å². The zero-order valence-electron chi connectivity index (χ0n) is 14.3. The van der Waals surface area contributed by atoms with Gasteiger partial charge < -0.3 is 5.32 Å². The summed E-state index contributed by atoms with van der Waals surface area (Å²) < 4.78 is 0. The van der Waals surface area contributed by atoms with Gasteiger partial charge in [-0.05, 0) is 24.3 Å². The van der Waals surface area contributed by atoms with Crippen LogP contribution in [0.4, 0.5) is 11.4 Å². The van der Waals surface area contributed by atoms with Crippen LogP contribution in [0.2, 0.25) is 10.0 Å². The Morgan fingerprint density at radius 2 is 1.68 bits per heavy atom. The van der Waals surface area contributed by atoms with Gasteiger partial charge in [0.2, 0.25) is 5.91 Å². The van der Waals surface area contributed by atoms with Gasteiger partial charge >= 0.3 is 0 Å². The van der Waals surface area contributed by atoms with Gasteiger partial charge in [-0.2, -0.15) is 5.11 Å². The Morgan fingerprint density at radius 3 is 2.36 bits per heavy atom. The van der Waals surface area contributed by atoms with E-state index >= 15 is 0 Å². The second-order valence-electron chi connectivity index (χ2n) is 6.19. The minimum absolute atomic E-state index is 0.110. The van der Waals surface area contributed by atoms with E-state index in [-0.39, 0.29) is 28.2 Å². The molecule has 2 atom stereocenters. The van der Waals surface area contributed by atoms with E-state index in [0.717, 1.165) is 4.90 Å². The molecule has 3 amide bonds. The molecule has 2 aliphatic heterocycles. The van der Waals surface area contributed by atoms with Crippen LogP contribution in [0.5, 0.6) is 0 Å². The van der Waals surface area contributed by atoms with Crippen molar-refractivity contribution in [3.63, 3.8) is 0 Å². The summed E-state index contributed by atoms with van der Waals surface area (Å²) in [6, 6.07) is 11.5. The molecule has 28 heavy (non-hydrogen) atoms. The van der Waals surface area contributed by atoms with Crippen LogP contribution < -0.4 is 10.2 Å². The lowest BCUT2D eigenvalue weighted by atomic mass is 10.1. The number of carbonyl (C=O) groups excluding carboxylic acids is 3. The number of halogens is 2. The number of fused-ring (bicyclic) bond motifs is 1. The van der Waals surface area contributed by atoms with Crippen molar-refractivity contribution in [2.45, 2.75) is 12.1 Å². The summed E-state index contributed by atoms with van der Waals surface area (Å²) in [6.45, 7) is -0.233. The number of para-hydroxylation sites is 2. The van der Waals surface area contributed by atoms with Crippen LogP contribution >= 0.6 is 23.2 Å². The molecule has 1 saturated heterocycles. The second-order valence-corrected chi connectivity index (χ2v) is 7.00. The Morgan fingerprint density at radius 1 is 1.00 bits per heavy atom. The summed E-state index contributed by atoms with van der Waals surface area (Å²) in [5.74, 6) is -1.55. The lowest BCUT2D eigenvalue weighted by Gasteiger charge is -2.21. The number of anilines is 2. The van der Waals surface area contributed by atoms with Crippen molar-refractivity contribution in [1.29, 1.82) is 0 Å². The summed E-state index contributed by atoms with van der Waals surface area (Å²) in [7, 11) is 0. The third-order valence-corrected chi connectivity index (χ3v) is 4.99. The average Bonchev–Trinajstić information content (AvgIpc) is 3.17. The first-order valence-corrected chi connectivity index (χ1v) is 9.07. The number of amides is 3. The fourth-order valence-electron chi connectivity index (χ4n) is 3.15. The molecule has 0 radical (unpaired) electrons. The van der Waals surface area contributed by atoms with E-state index < -0.39 is 23.9 Å². The van der Waals surface area contributed by atoms with Gasteiger partial charge in [-0.1, -0.05) is 52.7 Å². The Balaban J connectivity index is 1.54. The van der Waals surface area contributed by atoms with Crippen LogP contribution in [0.1, 0.15) is 0 Å². The number of carbonyl (C=O) groups is 3. The van der Waals surface area contributed by atoms with Gasteiger partial charge in [0.05, 0.1) is 15.7 Å². The molecule has 4 rings (SSSR count). The molecule has 142 valence electrons. The molecule has 2 aromatic carbocycles. The largest absolute Gasteiger partial charge is 0.324 e. The normalized spacial score (nSPS) is 20.6. The van der Waals surface area contributed by atoms with Crippen molar-refractivity contribution in [1.82, 2.24) is 5.01 Å². The SMILES string of the molecule is O=C(CN1N=NC2C(=O)N(c3c(Cl)cccc3Cl)C(=O)C21)Nc1ccccc1. The first kappa shape index (κ1) is 18.4. The smallest absolute Gasteiger partial charge is 0.263 e. The van der Waals surface area contributed by atoms with Crippen LogP contribution in [0.15, 0.2) is 58.9 Å². The number of benzene rings is 2. The molecule has 2 aliphatic rings. The fourth-order valence-corrected chi connectivity index (χ4v) is 3.71. The highest BCUT2D eigenvalue weighted by atomic mass is 35.5. The molecule has 0 spiro atoms. The van der Waals surface area contributed by atoms with Crippen LogP contribution in [-0.4, -0.2) is 41.4 Å². The zero-order chi connectivity index (χ0) is 19.8. The third kappa shape index (κ3) is 3.10. The average molecular weight is 418 g/mol. The Bertz CT molecular complexity index is 978. The van der Waals surface area contributed by atoms with Gasteiger partial charge in [0, 0.05) is 5.69 Å². The van der Waals surface area contributed by atoms with E-state index in [9.17, 15) is 14.4 Å². The topological polar surface area (TPSA) is 94.4 Å². The molecule has 2 unspecified atom stereocenters. The van der Waals surface area contributed by atoms with Crippen molar-refractivity contribution in [2.24, 2.45) is 10.3 Å².